The molecule has 2 heterocycles. The number of piperazine rings is 1. The molecule has 0 amide bonds. The number of aliphatic hydroxyl groups is 1. The number of rotatable bonds is 9. The first-order chi connectivity index (χ1) is 13.8. The molecule has 4 rings (SSSR count). The molecule has 1 aliphatic carbocycles. The van der Waals surface area contributed by atoms with Gasteiger partial charge in [-0.05, 0) is 24.8 Å². The molecule has 1 aromatic carbocycles. The minimum absolute atomic E-state index is 0.371. The number of hydrogen-bond donors (Lipinski definition) is 1. The Bertz CT molecular complexity index is 599. The van der Waals surface area contributed by atoms with Crippen LogP contribution in [0.15, 0.2) is 24.3 Å². The number of nitrogens with zero attached hydrogens (tertiary/aromatic N) is 3. The third-order valence-electron chi connectivity index (χ3n) is 6.05. The summed E-state index contributed by atoms with van der Waals surface area (Å²) >= 11 is 2.00. The van der Waals surface area contributed by atoms with Crippen molar-refractivity contribution in [3.05, 3.63) is 29.8 Å². The van der Waals surface area contributed by atoms with Crippen molar-refractivity contribution >= 4 is 11.8 Å². The van der Waals surface area contributed by atoms with E-state index in [9.17, 15) is 5.11 Å². The molecule has 5 nitrogen and oxygen atoms in total. The number of para-hydroxylation sites is 1. The van der Waals surface area contributed by atoms with Crippen molar-refractivity contribution in [2.75, 3.05) is 70.5 Å². The average molecular weight is 406 g/mol. The predicted octanol–water partition coefficient (Wildman–Crippen LogP) is 2.00. The van der Waals surface area contributed by atoms with Crippen molar-refractivity contribution in [1.29, 1.82) is 0 Å². The van der Waals surface area contributed by atoms with Gasteiger partial charge in [0, 0.05) is 76.0 Å². The van der Waals surface area contributed by atoms with Crippen LogP contribution in [-0.2, 0) is 6.54 Å². The molecule has 1 unspecified atom stereocenters. The SMILES string of the molecule is OC(COc1ccccc1CN1CCN(CC2CC2)CC1)CN1CCSCC1. The first kappa shape index (κ1) is 20.5. The number of thioether (sulfide) groups is 1. The van der Waals surface area contributed by atoms with Gasteiger partial charge in [-0.3, -0.25) is 9.80 Å². The fraction of sp³-hybridized carbons (Fsp3) is 0.727. The summed E-state index contributed by atoms with van der Waals surface area (Å²) in [4.78, 5) is 7.51. The van der Waals surface area contributed by atoms with Gasteiger partial charge >= 0.3 is 0 Å². The van der Waals surface area contributed by atoms with E-state index in [1.54, 1.807) is 0 Å². The normalized spacial score (nSPS) is 23.6. The molecule has 1 saturated carbocycles. The van der Waals surface area contributed by atoms with Gasteiger partial charge in [-0.25, -0.2) is 0 Å². The van der Waals surface area contributed by atoms with Crippen LogP contribution in [0.2, 0.25) is 0 Å². The van der Waals surface area contributed by atoms with Crippen LogP contribution in [0.3, 0.4) is 0 Å². The number of ether oxygens (including phenoxy) is 1. The number of aliphatic hydroxyl groups excluding tert-OH is 1. The Kier molecular flexibility index (Phi) is 7.54. The minimum Gasteiger partial charge on any atom is -0.491 e. The summed E-state index contributed by atoms with van der Waals surface area (Å²) in [6.45, 7) is 10.1. The van der Waals surface area contributed by atoms with E-state index in [1.165, 1.54) is 49.5 Å². The van der Waals surface area contributed by atoms with Crippen molar-refractivity contribution in [1.82, 2.24) is 14.7 Å². The first-order valence-corrected chi connectivity index (χ1v) is 12.1. The highest BCUT2D eigenvalue weighted by molar-refractivity contribution is 7.99. The van der Waals surface area contributed by atoms with Crippen molar-refractivity contribution in [3.8, 4) is 5.75 Å². The number of β-amino-alcohol motifs (C(OH)–C–C–N with tert-alkyl or cyclic N) is 1. The summed E-state index contributed by atoms with van der Waals surface area (Å²) in [5.74, 6) is 4.25. The van der Waals surface area contributed by atoms with E-state index in [4.69, 9.17) is 4.74 Å². The lowest BCUT2D eigenvalue weighted by Crippen LogP contribution is -2.46. The van der Waals surface area contributed by atoms with E-state index in [0.29, 0.717) is 13.2 Å². The van der Waals surface area contributed by atoms with Gasteiger partial charge in [0.15, 0.2) is 0 Å². The molecule has 156 valence electrons. The second kappa shape index (κ2) is 10.3. The molecule has 2 saturated heterocycles. The number of benzene rings is 1. The quantitative estimate of drug-likeness (QED) is 0.678. The third-order valence-corrected chi connectivity index (χ3v) is 6.99. The average Bonchev–Trinajstić information content (AvgIpc) is 3.54. The number of hydrogen-bond acceptors (Lipinski definition) is 6. The third kappa shape index (κ3) is 6.36. The summed E-state index contributed by atoms with van der Waals surface area (Å²) in [6, 6.07) is 8.33. The van der Waals surface area contributed by atoms with Crippen molar-refractivity contribution in [2.24, 2.45) is 5.92 Å². The molecule has 3 fully saturated rings. The van der Waals surface area contributed by atoms with Crippen LogP contribution in [-0.4, -0.2) is 96.4 Å². The summed E-state index contributed by atoms with van der Waals surface area (Å²) in [5.41, 5.74) is 1.24. The fourth-order valence-electron chi connectivity index (χ4n) is 4.13. The Hall–Kier alpha value is -0.790. The molecular weight excluding hydrogens is 370 g/mol. The molecule has 6 heteroatoms. The van der Waals surface area contributed by atoms with Crippen LogP contribution >= 0.6 is 11.8 Å². The van der Waals surface area contributed by atoms with Gasteiger partial charge in [-0.2, -0.15) is 11.8 Å². The maximum atomic E-state index is 10.4. The molecule has 2 aliphatic heterocycles. The minimum atomic E-state index is -0.429. The fourth-order valence-corrected chi connectivity index (χ4v) is 5.11. The highest BCUT2D eigenvalue weighted by atomic mass is 32.2. The van der Waals surface area contributed by atoms with Crippen LogP contribution in [0.25, 0.3) is 0 Å². The first-order valence-electron chi connectivity index (χ1n) is 10.9. The van der Waals surface area contributed by atoms with Crippen LogP contribution in [0, 0.1) is 5.92 Å². The summed E-state index contributed by atoms with van der Waals surface area (Å²) in [7, 11) is 0. The van der Waals surface area contributed by atoms with E-state index < -0.39 is 6.10 Å². The summed E-state index contributed by atoms with van der Waals surface area (Å²) in [5, 5.41) is 10.4. The van der Waals surface area contributed by atoms with E-state index in [2.05, 4.69) is 26.8 Å². The zero-order chi connectivity index (χ0) is 19.2. The zero-order valence-corrected chi connectivity index (χ0v) is 17.8. The lowest BCUT2D eigenvalue weighted by Gasteiger charge is -2.35. The molecule has 28 heavy (non-hydrogen) atoms. The molecule has 0 spiro atoms. The standard InChI is InChI=1S/C22H35N3O2S/c26-21(17-25-11-13-28-14-12-25)18-27-22-4-2-1-3-20(22)16-24-9-7-23(8-10-24)15-19-5-6-19/h1-4,19,21,26H,5-18H2. The van der Waals surface area contributed by atoms with E-state index in [0.717, 1.165) is 44.4 Å². The lowest BCUT2D eigenvalue weighted by molar-refractivity contribution is 0.0703. The smallest absolute Gasteiger partial charge is 0.123 e. The molecule has 1 aromatic rings. The summed E-state index contributed by atoms with van der Waals surface area (Å²) < 4.78 is 6.05. The Labute approximate surface area is 174 Å². The predicted molar refractivity (Wildman–Crippen MR) is 116 cm³/mol. The van der Waals surface area contributed by atoms with E-state index >= 15 is 0 Å². The van der Waals surface area contributed by atoms with E-state index in [1.807, 2.05) is 23.9 Å². The topological polar surface area (TPSA) is 39.2 Å². The Morgan fingerprint density at radius 1 is 0.964 bits per heavy atom. The zero-order valence-electron chi connectivity index (χ0n) is 17.0. The van der Waals surface area contributed by atoms with Gasteiger partial charge in [0.05, 0.1) is 0 Å². The van der Waals surface area contributed by atoms with Gasteiger partial charge in [0.2, 0.25) is 0 Å². The molecule has 3 aliphatic rings. The van der Waals surface area contributed by atoms with Gasteiger partial charge in [-0.1, -0.05) is 18.2 Å². The Morgan fingerprint density at radius 2 is 1.68 bits per heavy atom. The van der Waals surface area contributed by atoms with Gasteiger partial charge < -0.3 is 14.7 Å². The van der Waals surface area contributed by atoms with Crippen LogP contribution in [0.1, 0.15) is 18.4 Å². The van der Waals surface area contributed by atoms with Crippen molar-refractivity contribution < 1.29 is 9.84 Å². The lowest BCUT2D eigenvalue weighted by atomic mass is 10.1. The molecule has 1 N–H and O–H groups in total. The van der Waals surface area contributed by atoms with Crippen LogP contribution < -0.4 is 4.74 Å². The molecule has 0 aromatic heterocycles. The monoisotopic (exact) mass is 405 g/mol. The highest BCUT2D eigenvalue weighted by Gasteiger charge is 2.26. The molecule has 0 bridgehead atoms. The Balaban J connectivity index is 1.22. The molecule has 1 atom stereocenters. The second-order valence-corrected chi connectivity index (χ2v) is 9.73. The van der Waals surface area contributed by atoms with Crippen LogP contribution in [0.5, 0.6) is 5.75 Å². The largest absolute Gasteiger partial charge is 0.491 e. The van der Waals surface area contributed by atoms with Gasteiger partial charge in [0.25, 0.3) is 0 Å². The van der Waals surface area contributed by atoms with Gasteiger partial charge in [-0.15, -0.1) is 0 Å². The van der Waals surface area contributed by atoms with Gasteiger partial charge in [0.1, 0.15) is 18.5 Å². The Morgan fingerprint density at radius 3 is 2.43 bits per heavy atom. The maximum Gasteiger partial charge on any atom is 0.123 e. The van der Waals surface area contributed by atoms with Crippen LogP contribution in [0.4, 0.5) is 0 Å². The van der Waals surface area contributed by atoms with Crippen molar-refractivity contribution in [2.45, 2.75) is 25.5 Å². The molecular formula is C22H35N3O2S. The maximum absolute atomic E-state index is 10.4. The van der Waals surface area contributed by atoms with Crippen molar-refractivity contribution in [3.63, 3.8) is 0 Å². The van der Waals surface area contributed by atoms with E-state index in [-0.39, 0.29) is 0 Å². The molecule has 0 radical (unpaired) electrons. The second-order valence-electron chi connectivity index (χ2n) is 8.51. The highest BCUT2D eigenvalue weighted by Crippen LogP contribution is 2.30. The summed E-state index contributed by atoms with van der Waals surface area (Å²) in [6.07, 6.45) is 2.45.